The summed E-state index contributed by atoms with van der Waals surface area (Å²) in [7, 11) is 0. The standard InChI is InChI=1S/C19H21N/c1-3-4-5-6-7-8-11-18-12-9-10-13-19(18)15-14-17(2)16-20/h9-10,12-15H,2-7H2,1H3/b15-14+. The summed E-state index contributed by atoms with van der Waals surface area (Å²) >= 11 is 0. The Bertz CT molecular complexity index is 561. The molecule has 0 saturated carbocycles. The Balaban J connectivity index is 2.67. The van der Waals surface area contributed by atoms with Crippen LogP contribution in [0.1, 0.15) is 50.2 Å². The molecule has 0 aliphatic carbocycles. The lowest BCUT2D eigenvalue weighted by atomic mass is 10.1. The van der Waals surface area contributed by atoms with Gasteiger partial charge in [0.1, 0.15) is 0 Å². The maximum absolute atomic E-state index is 8.70. The van der Waals surface area contributed by atoms with Crippen LogP contribution < -0.4 is 0 Å². The van der Waals surface area contributed by atoms with Crippen LogP contribution in [-0.2, 0) is 0 Å². The van der Waals surface area contributed by atoms with Crippen molar-refractivity contribution in [3.63, 3.8) is 0 Å². The third kappa shape index (κ3) is 6.07. The maximum Gasteiger partial charge on any atom is 0.0985 e. The van der Waals surface area contributed by atoms with Gasteiger partial charge in [0, 0.05) is 17.6 Å². The number of hydrogen-bond donors (Lipinski definition) is 0. The van der Waals surface area contributed by atoms with E-state index in [1.807, 2.05) is 36.4 Å². The number of rotatable bonds is 6. The first-order valence-electron chi connectivity index (χ1n) is 7.13. The average Bonchev–Trinajstić information content (AvgIpc) is 2.49. The second-order valence-electron chi connectivity index (χ2n) is 4.67. The van der Waals surface area contributed by atoms with E-state index in [1.54, 1.807) is 6.08 Å². The van der Waals surface area contributed by atoms with E-state index in [-0.39, 0.29) is 0 Å². The summed E-state index contributed by atoms with van der Waals surface area (Å²) in [6.45, 7) is 5.85. The second-order valence-corrected chi connectivity index (χ2v) is 4.67. The Hall–Kier alpha value is -2.25. The van der Waals surface area contributed by atoms with Crippen molar-refractivity contribution in [1.29, 1.82) is 5.26 Å². The molecule has 0 heterocycles. The van der Waals surface area contributed by atoms with Gasteiger partial charge < -0.3 is 0 Å². The molecule has 1 heteroatoms. The van der Waals surface area contributed by atoms with Gasteiger partial charge in [0.2, 0.25) is 0 Å². The maximum atomic E-state index is 8.70. The largest absolute Gasteiger partial charge is 0.192 e. The molecule has 20 heavy (non-hydrogen) atoms. The Morgan fingerprint density at radius 1 is 1.25 bits per heavy atom. The predicted molar refractivity (Wildman–Crippen MR) is 85.9 cm³/mol. The third-order valence-electron chi connectivity index (χ3n) is 2.95. The van der Waals surface area contributed by atoms with E-state index in [9.17, 15) is 0 Å². The molecule has 1 aromatic rings. The first-order valence-corrected chi connectivity index (χ1v) is 7.13. The van der Waals surface area contributed by atoms with E-state index in [0.29, 0.717) is 5.57 Å². The SMILES string of the molecule is C=C(C#N)/C=C/c1ccccc1C#CCCCCCC. The van der Waals surface area contributed by atoms with Crippen molar-refractivity contribution in [2.75, 3.05) is 0 Å². The Kier molecular flexibility index (Phi) is 7.63. The quantitative estimate of drug-likeness (QED) is 0.303. The van der Waals surface area contributed by atoms with Gasteiger partial charge in [-0.05, 0) is 24.1 Å². The molecule has 1 rings (SSSR count). The minimum atomic E-state index is 0.451. The lowest BCUT2D eigenvalue weighted by Gasteiger charge is -1.98. The van der Waals surface area contributed by atoms with Gasteiger partial charge in [-0.25, -0.2) is 0 Å². The first kappa shape index (κ1) is 15.8. The van der Waals surface area contributed by atoms with E-state index in [1.165, 1.54) is 25.7 Å². The van der Waals surface area contributed by atoms with E-state index in [0.717, 1.165) is 17.5 Å². The minimum absolute atomic E-state index is 0.451. The molecule has 0 aliphatic rings. The Labute approximate surface area is 122 Å². The summed E-state index contributed by atoms with van der Waals surface area (Å²) in [6, 6.07) is 9.98. The van der Waals surface area contributed by atoms with Crippen LogP contribution in [0.5, 0.6) is 0 Å². The van der Waals surface area contributed by atoms with Crippen molar-refractivity contribution in [3.05, 3.63) is 53.6 Å². The van der Waals surface area contributed by atoms with Gasteiger partial charge in [-0.2, -0.15) is 5.26 Å². The van der Waals surface area contributed by atoms with Gasteiger partial charge in [0.05, 0.1) is 6.07 Å². The molecule has 0 amide bonds. The highest BCUT2D eigenvalue weighted by molar-refractivity contribution is 5.61. The van der Waals surface area contributed by atoms with Crippen LogP contribution in [0.3, 0.4) is 0 Å². The summed E-state index contributed by atoms with van der Waals surface area (Å²) in [5.41, 5.74) is 2.49. The molecule has 0 saturated heterocycles. The van der Waals surface area contributed by atoms with E-state index in [2.05, 4.69) is 25.3 Å². The predicted octanol–water partition coefficient (Wildman–Crippen LogP) is 5.10. The molecule has 0 aliphatic heterocycles. The van der Waals surface area contributed by atoms with Crippen molar-refractivity contribution in [1.82, 2.24) is 0 Å². The molecule has 0 bridgehead atoms. The van der Waals surface area contributed by atoms with Gasteiger partial charge in [0.25, 0.3) is 0 Å². The summed E-state index contributed by atoms with van der Waals surface area (Å²) in [4.78, 5) is 0. The van der Waals surface area contributed by atoms with E-state index in [4.69, 9.17) is 5.26 Å². The molecule has 1 nitrogen and oxygen atoms in total. The molecular formula is C19H21N. The average molecular weight is 263 g/mol. The summed E-state index contributed by atoms with van der Waals surface area (Å²) in [5.74, 6) is 6.45. The van der Waals surface area contributed by atoms with E-state index >= 15 is 0 Å². The van der Waals surface area contributed by atoms with Crippen LogP contribution in [0.15, 0.2) is 42.5 Å². The normalized spacial score (nSPS) is 9.80. The van der Waals surface area contributed by atoms with Crippen LogP contribution in [0.4, 0.5) is 0 Å². The zero-order valence-electron chi connectivity index (χ0n) is 12.2. The Morgan fingerprint density at radius 2 is 2.05 bits per heavy atom. The number of unbranched alkanes of at least 4 members (excludes halogenated alkanes) is 4. The lowest BCUT2D eigenvalue weighted by molar-refractivity contribution is 0.679. The molecule has 0 aromatic heterocycles. The van der Waals surface area contributed by atoms with Crippen LogP contribution in [0.2, 0.25) is 0 Å². The molecule has 1 aromatic carbocycles. The van der Waals surface area contributed by atoms with Crippen molar-refractivity contribution >= 4 is 6.08 Å². The highest BCUT2D eigenvalue weighted by Crippen LogP contribution is 2.11. The first-order chi connectivity index (χ1) is 9.77. The minimum Gasteiger partial charge on any atom is -0.192 e. The summed E-state index contributed by atoms with van der Waals surface area (Å²) in [6.07, 6.45) is 9.54. The van der Waals surface area contributed by atoms with Crippen LogP contribution in [0.25, 0.3) is 6.08 Å². The van der Waals surface area contributed by atoms with Crippen molar-refractivity contribution < 1.29 is 0 Å². The molecular weight excluding hydrogens is 242 g/mol. The molecule has 0 atom stereocenters. The molecule has 0 radical (unpaired) electrons. The lowest BCUT2D eigenvalue weighted by Crippen LogP contribution is -1.82. The number of hydrogen-bond acceptors (Lipinski definition) is 1. The van der Waals surface area contributed by atoms with Gasteiger partial charge in [0.15, 0.2) is 0 Å². The molecule has 0 unspecified atom stereocenters. The van der Waals surface area contributed by atoms with Gasteiger partial charge in [-0.1, -0.05) is 68.9 Å². The molecule has 0 fully saturated rings. The molecule has 0 spiro atoms. The molecule has 102 valence electrons. The van der Waals surface area contributed by atoms with Crippen LogP contribution in [0, 0.1) is 23.2 Å². The number of nitrogens with zero attached hydrogens (tertiary/aromatic N) is 1. The fraction of sp³-hybridized carbons (Fsp3) is 0.316. The fourth-order valence-corrected chi connectivity index (χ4v) is 1.78. The second kappa shape index (κ2) is 9.65. The highest BCUT2D eigenvalue weighted by Gasteiger charge is 1.94. The summed E-state index contributed by atoms with van der Waals surface area (Å²) in [5, 5.41) is 8.70. The van der Waals surface area contributed by atoms with E-state index < -0.39 is 0 Å². The number of allylic oxidation sites excluding steroid dienone is 2. The van der Waals surface area contributed by atoms with Crippen molar-refractivity contribution in [2.24, 2.45) is 0 Å². The van der Waals surface area contributed by atoms with Crippen LogP contribution in [-0.4, -0.2) is 0 Å². The summed E-state index contributed by atoms with van der Waals surface area (Å²) < 4.78 is 0. The fourth-order valence-electron chi connectivity index (χ4n) is 1.78. The topological polar surface area (TPSA) is 23.8 Å². The van der Waals surface area contributed by atoms with Gasteiger partial charge >= 0.3 is 0 Å². The smallest absolute Gasteiger partial charge is 0.0985 e. The zero-order valence-corrected chi connectivity index (χ0v) is 12.2. The Morgan fingerprint density at radius 3 is 2.80 bits per heavy atom. The monoisotopic (exact) mass is 263 g/mol. The van der Waals surface area contributed by atoms with Crippen molar-refractivity contribution in [2.45, 2.75) is 39.0 Å². The number of nitriles is 1. The highest BCUT2D eigenvalue weighted by atomic mass is 14.2. The van der Waals surface area contributed by atoms with Crippen LogP contribution >= 0.6 is 0 Å². The third-order valence-corrected chi connectivity index (χ3v) is 2.95. The van der Waals surface area contributed by atoms with Gasteiger partial charge in [-0.15, -0.1) is 0 Å². The number of benzene rings is 1. The zero-order chi connectivity index (χ0) is 14.6. The molecule has 0 N–H and O–H groups in total. The van der Waals surface area contributed by atoms with Crippen molar-refractivity contribution in [3.8, 4) is 17.9 Å². The van der Waals surface area contributed by atoms with Gasteiger partial charge in [-0.3, -0.25) is 0 Å².